The third-order valence-corrected chi connectivity index (χ3v) is 10.3. The predicted molar refractivity (Wildman–Crippen MR) is 206 cm³/mol. The summed E-state index contributed by atoms with van der Waals surface area (Å²) in [4.78, 5) is 15.7. The molecule has 0 fully saturated rings. The highest BCUT2D eigenvalue weighted by Gasteiger charge is 2.32. The molecular weight excluding hydrogens is 607 g/mol. The van der Waals surface area contributed by atoms with E-state index in [1.807, 2.05) is 18.2 Å². The van der Waals surface area contributed by atoms with Gasteiger partial charge in [0.25, 0.3) is 0 Å². The Morgan fingerprint density at radius 2 is 0.820 bits per heavy atom. The molecule has 3 nitrogen and oxygen atoms in total. The highest BCUT2D eigenvalue weighted by Crippen LogP contribution is 2.50. The van der Waals surface area contributed by atoms with Crippen LogP contribution < -0.4 is 0 Å². The number of aromatic nitrogens is 3. The lowest BCUT2D eigenvalue weighted by Crippen LogP contribution is -2.16. The van der Waals surface area contributed by atoms with E-state index in [1.165, 1.54) is 44.2 Å². The smallest absolute Gasteiger partial charge is 0.165 e. The first-order valence-corrected chi connectivity index (χ1v) is 17.2. The van der Waals surface area contributed by atoms with Crippen LogP contribution in [0.25, 0.3) is 78.0 Å². The highest BCUT2D eigenvalue weighted by atomic mass is 15.0. The van der Waals surface area contributed by atoms with Gasteiger partial charge in [-0.25, -0.2) is 15.0 Å². The summed E-state index contributed by atoms with van der Waals surface area (Å²) in [6, 6.07) is 53.8. The molecule has 1 aromatic heterocycles. The van der Waals surface area contributed by atoms with Crippen molar-refractivity contribution in [2.75, 3.05) is 0 Å². The zero-order chi connectivity index (χ0) is 33.0. The second kappa shape index (κ2) is 11.6. The van der Waals surface area contributed by atoms with Crippen LogP contribution in [0, 0.1) is 0 Å². The standard InChI is InChI=1S/C47H31N3/c1-3-15-30(16-4-1)43-38-23-11-13-25-40(38)44(41-26-14-12-24-39(41)43)47-49-45(31-17-5-2-6-18-31)48-46(50-47)32-27-28-37-35-21-8-7-19-33(35)34-20-9-10-22-36(34)42(37)29-32/h1-29,33,35H. The number of nitrogens with zero attached hydrogens (tertiary/aromatic N) is 3. The Kier molecular flexibility index (Phi) is 6.63. The van der Waals surface area contributed by atoms with Crippen LogP contribution in [0.4, 0.5) is 0 Å². The van der Waals surface area contributed by atoms with E-state index in [1.54, 1.807) is 0 Å². The Hall–Kier alpha value is -6.45. The van der Waals surface area contributed by atoms with Crippen molar-refractivity contribution in [3.63, 3.8) is 0 Å². The molecule has 2 aliphatic rings. The first-order chi connectivity index (χ1) is 24.8. The second-order valence-electron chi connectivity index (χ2n) is 13.1. The van der Waals surface area contributed by atoms with Crippen LogP contribution in [0.15, 0.2) is 176 Å². The quantitative estimate of drug-likeness (QED) is 0.180. The Bertz CT molecular complexity index is 2600. The van der Waals surface area contributed by atoms with E-state index in [9.17, 15) is 0 Å². The fourth-order valence-corrected chi connectivity index (χ4v) is 8.07. The van der Waals surface area contributed by atoms with Gasteiger partial charge in [-0.05, 0) is 61.0 Å². The fourth-order valence-electron chi connectivity index (χ4n) is 8.07. The molecule has 50 heavy (non-hydrogen) atoms. The summed E-state index contributed by atoms with van der Waals surface area (Å²) in [5.41, 5.74) is 10.6. The van der Waals surface area contributed by atoms with Crippen molar-refractivity contribution >= 4 is 21.5 Å². The first-order valence-electron chi connectivity index (χ1n) is 17.2. The second-order valence-corrected chi connectivity index (χ2v) is 13.1. The van der Waals surface area contributed by atoms with Gasteiger partial charge < -0.3 is 0 Å². The molecule has 2 aliphatic carbocycles. The van der Waals surface area contributed by atoms with Crippen molar-refractivity contribution in [1.82, 2.24) is 15.0 Å². The zero-order valence-electron chi connectivity index (χ0n) is 27.2. The summed E-state index contributed by atoms with van der Waals surface area (Å²) in [5, 5.41) is 4.57. The van der Waals surface area contributed by atoms with Crippen LogP contribution in [-0.2, 0) is 0 Å². The van der Waals surface area contributed by atoms with Gasteiger partial charge in [-0.1, -0.05) is 170 Å². The van der Waals surface area contributed by atoms with Crippen LogP contribution in [0.3, 0.4) is 0 Å². The minimum Gasteiger partial charge on any atom is -0.208 e. The van der Waals surface area contributed by atoms with Crippen molar-refractivity contribution < 1.29 is 0 Å². The maximum absolute atomic E-state index is 5.34. The van der Waals surface area contributed by atoms with Gasteiger partial charge in [-0.3, -0.25) is 0 Å². The number of fused-ring (bicyclic) bond motifs is 8. The molecule has 1 heterocycles. The van der Waals surface area contributed by atoms with Gasteiger partial charge in [0.15, 0.2) is 17.5 Å². The van der Waals surface area contributed by atoms with Crippen LogP contribution in [0.1, 0.15) is 23.0 Å². The predicted octanol–water partition coefficient (Wildman–Crippen LogP) is 11.8. The van der Waals surface area contributed by atoms with Crippen molar-refractivity contribution in [3.05, 3.63) is 187 Å². The number of hydrogen-bond donors (Lipinski definition) is 0. The Morgan fingerprint density at radius 3 is 1.46 bits per heavy atom. The monoisotopic (exact) mass is 637 g/mol. The molecule has 3 heteroatoms. The molecule has 0 saturated heterocycles. The lowest BCUT2D eigenvalue weighted by molar-refractivity contribution is 0.720. The molecule has 2 unspecified atom stereocenters. The van der Waals surface area contributed by atoms with Gasteiger partial charge in [0.2, 0.25) is 0 Å². The van der Waals surface area contributed by atoms with Gasteiger partial charge in [0.1, 0.15) is 0 Å². The molecule has 0 spiro atoms. The third kappa shape index (κ3) is 4.55. The lowest BCUT2D eigenvalue weighted by Gasteiger charge is -2.34. The Labute approximate surface area is 291 Å². The normalized spacial score (nSPS) is 15.8. The number of allylic oxidation sites excluding steroid dienone is 4. The fraction of sp³-hybridized carbons (Fsp3) is 0.0426. The summed E-state index contributed by atoms with van der Waals surface area (Å²) < 4.78 is 0. The van der Waals surface area contributed by atoms with E-state index in [-0.39, 0.29) is 0 Å². The lowest BCUT2D eigenvalue weighted by atomic mass is 9.70. The summed E-state index contributed by atoms with van der Waals surface area (Å²) >= 11 is 0. The van der Waals surface area contributed by atoms with Crippen molar-refractivity contribution in [2.24, 2.45) is 0 Å². The van der Waals surface area contributed by atoms with Crippen molar-refractivity contribution in [2.45, 2.75) is 11.8 Å². The maximum atomic E-state index is 5.34. The first kappa shape index (κ1) is 28.6. The molecule has 0 aliphatic heterocycles. The van der Waals surface area contributed by atoms with Gasteiger partial charge in [-0.2, -0.15) is 0 Å². The van der Waals surface area contributed by atoms with Crippen molar-refractivity contribution in [3.8, 4) is 56.4 Å². The Balaban J connectivity index is 1.24. The third-order valence-electron chi connectivity index (χ3n) is 10.3. The largest absolute Gasteiger partial charge is 0.208 e. The molecule has 8 aromatic rings. The van der Waals surface area contributed by atoms with Gasteiger partial charge in [-0.15, -0.1) is 0 Å². The average molecular weight is 638 g/mol. The molecule has 234 valence electrons. The van der Waals surface area contributed by atoms with E-state index in [4.69, 9.17) is 15.0 Å². The van der Waals surface area contributed by atoms with Crippen LogP contribution >= 0.6 is 0 Å². The molecule has 0 radical (unpaired) electrons. The minimum atomic E-state index is 0.300. The molecular formula is C47H31N3. The highest BCUT2D eigenvalue weighted by molar-refractivity contribution is 6.20. The van der Waals surface area contributed by atoms with E-state index >= 15 is 0 Å². The van der Waals surface area contributed by atoms with Gasteiger partial charge in [0.05, 0.1) is 0 Å². The SMILES string of the molecule is C1=CC2c3ccccc3-c3cc(-c4nc(-c5ccccc5)nc(-c5c6ccccc6c(-c6ccccc6)c6ccccc56)n4)ccc3C2C=C1. The molecule has 10 rings (SSSR count). The molecule has 0 amide bonds. The molecule has 0 N–H and O–H groups in total. The van der Waals surface area contributed by atoms with E-state index < -0.39 is 0 Å². The van der Waals surface area contributed by atoms with E-state index in [2.05, 4.69) is 158 Å². The topological polar surface area (TPSA) is 38.7 Å². The Morgan fingerprint density at radius 1 is 0.340 bits per heavy atom. The van der Waals surface area contributed by atoms with Gasteiger partial charge in [0, 0.05) is 28.5 Å². The molecule has 2 atom stereocenters. The summed E-state index contributed by atoms with van der Waals surface area (Å²) in [6.07, 6.45) is 9.02. The van der Waals surface area contributed by atoms with Crippen LogP contribution in [-0.4, -0.2) is 15.0 Å². The van der Waals surface area contributed by atoms with Crippen LogP contribution in [0.2, 0.25) is 0 Å². The number of rotatable bonds is 4. The number of hydrogen-bond acceptors (Lipinski definition) is 3. The molecule has 0 bridgehead atoms. The average Bonchev–Trinajstić information content (AvgIpc) is 3.20. The van der Waals surface area contributed by atoms with Gasteiger partial charge >= 0.3 is 0 Å². The molecule has 0 saturated carbocycles. The molecule has 7 aromatic carbocycles. The van der Waals surface area contributed by atoms with E-state index in [0.29, 0.717) is 29.3 Å². The maximum Gasteiger partial charge on any atom is 0.165 e. The minimum absolute atomic E-state index is 0.300. The number of benzene rings is 7. The van der Waals surface area contributed by atoms with Crippen molar-refractivity contribution in [1.29, 1.82) is 0 Å². The van der Waals surface area contributed by atoms with E-state index in [0.717, 1.165) is 27.5 Å². The summed E-state index contributed by atoms with van der Waals surface area (Å²) in [7, 11) is 0. The van der Waals surface area contributed by atoms with Crippen LogP contribution in [0.5, 0.6) is 0 Å². The summed E-state index contributed by atoms with van der Waals surface area (Å²) in [5.74, 6) is 2.62. The zero-order valence-corrected chi connectivity index (χ0v) is 27.2. The summed E-state index contributed by atoms with van der Waals surface area (Å²) in [6.45, 7) is 0.